The molecule has 3 atom stereocenters. The van der Waals surface area contributed by atoms with Gasteiger partial charge in [-0.1, -0.05) is 74.5 Å². The lowest BCUT2D eigenvalue weighted by atomic mass is 9.85. The number of hydrogen-bond donors (Lipinski definition) is 1. The summed E-state index contributed by atoms with van der Waals surface area (Å²) in [6.45, 7) is 4.25. The maximum Gasteiger partial charge on any atom is 0.308 e. The minimum absolute atomic E-state index is 0.0108. The SMILES string of the molecule is CC(CCC(CC(C)c1ccccc1)C(=O)OCCCS(=O)(=O)O)c1ccccc1. The van der Waals surface area contributed by atoms with Crippen LogP contribution in [0.3, 0.4) is 0 Å². The van der Waals surface area contributed by atoms with E-state index in [1.165, 1.54) is 11.1 Å². The number of esters is 1. The quantitative estimate of drug-likeness (QED) is 0.283. The number of rotatable bonds is 12. The summed E-state index contributed by atoms with van der Waals surface area (Å²) in [4.78, 5) is 12.7. The largest absolute Gasteiger partial charge is 0.465 e. The Hall–Kier alpha value is -2.18. The van der Waals surface area contributed by atoms with Crippen molar-refractivity contribution < 1.29 is 22.5 Å². The summed E-state index contributed by atoms with van der Waals surface area (Å²) >= 11 is 0. The molecule has 6 heteroatoms. The van der Waals surface area contributed by atoms with Gasteiger partial charge in [0.1, 0.15) is 0 Å². The van der Waals surface area contributed by atoms with E-state index in [9.17, 15) is 13.2 Å². The Labute approximate surface area is 180 Å². The van der Waals surface area contributed by atoms with Crippen LogP contribution in [-0.2, 0) is 19.6 Å². The standard InChI is InChI=1S/C24H32O5S/c1-19(21-10-5-3-6-11-21)14-15-23(18-20(2)22-12-7-4-8-13-22)24(25)29-16-9-17-30(26,27)28/h3-8,10-13,19-20,23H,9,14-18H2,1-2H3,(H,26,27,28). The highest BCUT2D eigenvalue weighted by Crippen LogP contribution is 2.30. The molecular weight excluding hydrogens is 400 g/mol. The zero-order valence-electron chi connectivity index (χ0n) is 17.7. The van der Waals surface area contributed by atoms with E-state index in [2.05, 4.69) is 38.1 Å². The van der Waals surface area contributed by atoms with Gasteiger partial charge in [-0.3, -0.25) is 9.35 Å². The van der Waals surface area contributed by atoms with Crippen molar-refractivity contribution in [1.29, 1.82) is 0 Å². The van der Waals surface area contributed by atoms with Gasteiger partial charge in [0, 0.05) is 0 Å². The van der Waals surface area contributed by atoms with Gasteiger partial charge in [-0.2, -0.15) is 8.42 Å². The van der Waals surface area contributed by atoms with Gasteiger partial charge < -0.3 is 4.74 Å². The second-order valence-corrected chi connectivity index (χ2v) is 9.51. The summed E-state index contributed by atoms with van der Waals surface area (Å²) in [5.74, 6) is -0.441. The summed E-state index contributed by atoms with van der Waals surface area (Å²) in [6, 6.07) is 20.3. The average molecular weight is 433 g/mol. The first kappa shape index (κ1) is 24.1. The molecule has 2 aromatic carbocycles. The monoisotopic (exact) mass is 432 g/mol. The molecule has 0 aliphatic rings. The Kier molecular flexibility index (Phi) is 9.53. The van der Waals surface area contributed by atoms with Crippen LogP contribution in [-0.4, -0.2) is 31.3 Å². The molecule has 0 saturated carbocycles. The molecule has 0 saturated heterocycles. The van der Waals surface area contributed by atoms with E-state index in [0.717, 1.165) is 6.42 Å². The van der Waals surface area contributed by atoms with E-state index in [-0.39, 0.29) is 30.8 Å². The first-order chi connectivity index (χ1) is 14.3. The fraction of sp³-hybridized carbons (Fsp3) is 0.458. The fourth-order valence-electron chi connectivity index (χ4n) is 3.61. The molecule has 164 valence electrons. The number of carbonyl (C=O) groups excluding carboxylic acids is 1. The molecule has 5 nitrogen and oxygen atoms in total. The molecule has 0 aliphatic heterocycles. The lowest BCUT2D eigenvalue weighted by molar-refractivity contribution is -0.149. The van der Waals surface area contributed by atoms with Crippen LogP contribution in [0.1, 0.15) is 62.5 Å². The van der Waals surface area contributed by atoms with Crippen LogP contribution in [0.25, 0.3) is 0 Å². The third kappa shape index (κ3) is 8.67. The Morgan fingerprint density at radius 1 is 0.900 bits per heavy atom. The summed E-state index contributed by atoms with van der Waals surface area (Å²) in [5.41, 5.74) is 2.42. The van der Waals surface area contributed by atoms with Crippen LogP contribution in [0, 0.1) is 5.92 Å². The molecule has 0 radical (unpaired) electrons. The normalized spacial score (nSPS) is 14.6. The zero-order chi connectivity index (χ0) is 22.0. The second kappa shape index (κ2) is 11.9. The minimum atomic E-state index is -4.04. The molecule has 0 spiro atoms. The van der Waals surface area contributed by atoms with E-state index in [0.29, 0.717) is 18.8 Å². The summed E-state index contributed by atoms with van der Waals surface area (Å²) in [5, 5.41) is 0. The van der Waals surface area contributed by atoms with Crippen molar-refractivity contribution >= 4 is 16.1 Å². The van der Waals surface area contributed by atoms with Crippen LogP contribution in [0.4, 0.5) is 0 Å². The highest BCUT2D eigenvalue weighted by Gasteiger charge is 2.24. The van der Waals surface area contributed by atoms with Gasteiger partial charge in [-0.25, -0.2) is 0 Å². The highest BCUT2D eigenvalue weighted by atomic mass is 32.2. The molecule has 0 heterocycles. The van der Waals surface area contributed by atoms with Gasteiger partial charge in [0.25, 0.3) is 10.1 Å². The van der Waals surface area contributed by atoms with Crippen molar-refractivity contribution in [2.45, 2.75) is 51.4 Å². The van der Waals surface area contributed by atoms with E-state index in [1.807, 2.05) is 36.4 Å². The van der Waals surface area contributed by atoms with Crippen LogP contribution in [0.2, 0.25) is 0 Å². The minimum Gasteiger partial charge on any atom is -0.465 e. The van der Waals surface area contributed by atoms with Crippen molar-refractivity contribution in [3.05, 3.63) is 71.8 Å². The third-order valence-electron chi connectivity index (χ3n) is 5.45. The van der Waals surface area contributed by atoms with Crippen molar-refractivity contribution in [3.63, 3.8) is 0 Å². The van der Waals surface area contributed by atoms with Gasteiger partial charge >= 0.3 is 5.97 Å². The van der Waals surface area contributed by atoms with E-state index in [4.69, 9.17) is 9.29 Å². The molecule has 2 aromatic rings. The highest BCUT2D eigenvalue weighted by molar-refractivity contribution is 7.85. The molecule has 0 aromatic heterocycles. The molecule has 30 heavy (non-hydrogen) atoms. The Morgan fingerprint density at radius 3 is 1.97 bits per heavy atom. The Balaban J connectivity index is 1.98. The molecule has 0 amide bonds. The van der Waals surface area contributed by atoms with Gasteiger partial charge in [0.15, 0.2) is 0 Å². The Bertz CT molecular complexity index is 865. The summed E-state index contributed by atoms with van der Waals surface area (Å²) in [6.07, 6.45) is 2.31. The lowest BCUT2D eigenvalue weighted by Crippen LogP contribution is -2.22. The Morgan fingerprint density at radius 2 is 1.43 bits per heavy atom. The number of benzene rings is 2. The summed E-state index contributed by atoms with van der Waals surface area (Å²) in [7, 11) is -4.04. The van der Waals surface area contributed by atoms with Gasteiger partial charge in [0.2, 0.25) is 0 Å². The smallest absolute Gasteiger partial charge is 0.308 e. The topological polar surface area (TPSA) is 80.7 Å². The number of carbonyl (C=O) groups is 1. The van der Waals surface area contributed by atoms with Crippen LogP contribution in [0.15, 0.2) is 60.7 Å². The average Bonchev–Trinajstić information content (AvgIpc) is 2.74. The third-order valence-corrected chi connectivity index (χ3v) is 6.25. The van der Waals surface area contributed by atoms with Crippen molar-refractivity contribution in [1.82, 2.24) is 0 Å². The first-order valence-corrected chi connectivity index (χ1v) is 12.1. The molecule has 0 fully saturated rings. The van der Waals surface area contributed by atoms with Gasteiger partial charge in [-0.15, -0.1) is 0 Å². The van der Waals surface area contributed by atoms with Gasteiger partial charge in [0.05, 0.1) is 18.3 Å². The first-order valence-electron chi connectivity index (χ1n) is 10.5. The van der Waals surface area contributed by atoms with E-state index in [1.54, 1.807) is 0 Å². The van der Waals surface area contributed by atoms with Crippen molar-refractivity contribution in [2.75, 3.05) is 12.4 Å². The lowest BCUT2D eigenvalue weighted by Gasteiger charge is -2.22. The van der Waals surface area contributed by atoms with Crippen LogP contribution in [0.5, 0.6) is 0 Å². The molecule has 1 N–H and O–H groups in total. The predicted octanol–water partition coefficient (Wildman–Crippen LogP) is 5.20. The van der Waals surface area contributed by atoms with Gasteiger partial charge in [-0.05, 0) is 48.6 Å². The maximum absolute atomic E-state index is 12.7. The van der Waals surface area contributed by atoms with Crippen LogP contribution < -0.4 is 0 Å². The van der Waals surface area contributed by atoms with Crippen LogP contribution >= 0.6 is 0 Å². The molecule has 0 bridgehead atoms. The fourth-order valence-corrected chi connectivity index (χ4v) is 4.09. The van der Waals surface area contributed by atoms with Crippen molar-refractivity contribution in [2.24, 2.45) is 5.92 Å². The predicted molar refractivity (Wildman–Crippen MR) is 119 cm³/mol. The van der Waals surface area contributed by atoms with E-state index >= 15 is 0 Å². The van der Waals surface area contributed by atoms with Crippen molar-refractivity contribution in [3.8, 4) is 0 Å². The second-order valence-electron chi connectivity index (χ2n) is 7.94. The number of ether oxygens (including phenoxy) is 1. The number of hydrogen-bond acceptors (Lipinski definition) is 4. The molecular formula is C24H32O5S. The van der Waals surface area contributed by atoms with E-state index < -0.39 is 15.9 Å². The molecule has 2 rings (SSSR count). The zero-order valence-corrected chi connectivity index (χ0v) is 18.6. The molecule has 0 aliphatic carbocycles. The summed E-state index contributed by atoms with van der Waals surface area (Å²) < 4.78 is 35.9. The molecule has 3 unspecified atom stereocenters. The maximum atomic E-state index is 12.7.